The second-order valence-corrected chi connectivity index (χ2v) is 8.81. The summed E-state index contributed by atoms with van der Waals surface area (Å²) in [5.74, 6) is 1.27. The Kier molecular flexibility index (Phi) is 8.13. The number of aliphatic hydroxyl groups excluding tert-OH is 1. The zero-order chi connectivity index (χ0) is 20.7. The van der Waals surface area contributed by atoms with Gasteiger partial charge in [0.15, 0.2) is 0 Å². The third-order valence-corrected chi connectivity index (χ3v) is 5.10. The largest absolute Gasteiger partial charge is 0.493 e. The van der Waals surface area contributed by atoms with E-state index in [1.807, 2.05) is 45.0 Å². The van der Waals surface area contributed by atoms with Crippen LogP contribution in [0.25, 0.3) is 0 Å². The minimum atomic E-state index is -0.473. The van der Waals surface area contributed by atoms with E-state index in [4.69, 9.17) is 9.47 Å². The minimum absolute atomic E-state index is 0.0249. The van der Waals surface area contributed by atoms with Gasteiger partial charge in [0.05, 0.1) is 13.2 Å². The maximum Gasteiger partial charge on any atom is 0.410 e. The molecule has 0 aromatic heterocycles. The van der Waals surface area contributed by atoms with Crippen molar-refractivity contribution in [3.05, 3.63) is 29.8 Å². The Morgan fingerprint density at radius 1 is 1.32 bits per heavy atom. The SMILES string of the molecule is C[C@@H]1CC[C@H](COc2cccc(CO)c2)CN1CCN(C)C(=O)OC(C)(C)C. The topological polar surface area (TPSA) is 62.2 Å². The second-order valence-electron chi connectivity index (χ2n) is 8.81. The molecule has 6 nitrogen and oxygen atoms in total. The first kappa shape index (κ1) is 22.5. The lowest BCUT2D eigenvalue weighted by Crippen LogP contribution is -2.47. The van der Waals surface area contributed by atoms with Crippen LogP contribution >= 0.6 is 0 Å². The molecule has 0 aliphatic carbocycles. The van der Waals surface area contributed by atoms with E-state index in [2.05, 4.69) is 11.8 Å². The van der Waals surface area contributed by atoms with Crippen LogP contribution in [0.2, 0.25) is 0 Å². The van der Waals surface area contributed by atoms with Crippen molar-refractivity contribution in [3.8, 4) is 5.75 Å². The summed E-state index contributed by atoms with van der Waals surface area (Å²) in [7, 11) is 1.79. The van der Waals surface area contributed by atoms with Crippen LogP contribution in [-0.2, 0) is 11.3 Å². The van der Waals surface area contributed by atoms with Crippen LogP contribution in [-0.4, -0.2) is 65.9 Å². The predicted octanol–water partition coefficient (Wildman–Crippen LogP) is 3.53. The summed E-state index contributed by atoms with van der Waals surface area (Å²) in [5, 5.41) is 9.25. The van der Waals surface area contributed by atoms with Gasteiger partial charge in [0.1, 0.15) is 11.4 Å². The van der Waals surface area contributed by atoms with Gasteiger partial charge >= 0.3 is 6.09 Å². The number of amides is 1. The highest BCUT2D eigenvalue weighted by Gasteiger charge is 2.27. The van der Waals surface area contributed by atoms with E-state index < -0.39 is 5.60 Å². The fourth-order valence-corrected chi connectivity index (χ4v) is 3.37. The highest BCUT2D eigenvalue weighted by atomic mass is 16.6. The maximum absolute atomic E-state index is 12.1. The standard InChI is InChI=1S/C22H36N2O4/c1-17-9-10-19(16-27-20-8-6-7-18(13-20)15-25)14-24(17)12-11-23(5)21(26)28-22(2,3)4/h6-8,13,17,19,25H,9-12,14-16H2,1-5H3/t17-,19+/m1/s1. The summed E-state index contributed by atoms with van der Waals surface area (Å²) >= 11 is 0. The Morgan fingerprint density at radius 2 is 2.07 bits per heavy atom. The number of hydrogen-bond acceptors (Lipinski definition) is 5. The Morgan fingerprint density at radius 3 is 2.75 bits per heavy atom. The molecule has 1 fully saturated rings. The summed E-state index contributed by atoms with van der Waals surface area (Å²) in [5.41, 5.74) is 0.390. The van der Waals surface area contributed by atoms with Crippen molar-refractivity contribution in [2.45, 2.75) is 58.8 Å². The molecule has 1 saturated heterocycles. The van der Waals surface area contributed by atoms with Gasteiger partial charge in [-0.05, 0) is 58.2 Å². The maximum atomic E-state index is 12.1. The minimum Gasteiger partial charge on any atom is -0.493 e. The van der Waals surface area contributed by atoms with Gasteiger partial charge < -0.3 is 19.5 Å². The molecule has 1 aromatic rings. The summed E-state index contributed by atoms with van der Waals surface area (Å²) in [6, 6.07) is 8.11. The van der Waals surface area contributed by atoms with Crippen LogP contribution in [0, 0.1) is 5.92 Å². The predicted molar refractivity (Wildman–Crippen MR) is 110 cm³/mol. The molecule has 0 spiro atoms. The highest BCUT2D eigenvalue weighted by molar-refractivity contribution is 5.67. The lowest BCUT2D eigenvalue weighted by molar-refractivity contribution is 0.0246. The lowest BCUT2D eigenvalue weighted by Gasteiger charge is -2.38. The number of carbonyl (C=O) groups is 1. The van der Waals surface area contributed by atoms with Crippen molar-refractivity contribution >= 4 is 6.09 Å². The van der Waals surface area contributed by atoms with E-state index in [0.717, 1.165) is 37.2 Å². The Bertz CT molecular complexity index is 629. The fraction of sp³-hybridized carbons (Fsp3) is 0.682. The summed E-state index contributed by atoms with van der Waals surface area (Å²) in [6.07, 6.45) is 1.99. The summed E-state index contributed by atoms with van der Waals surface area (Å²) in [4.78, 5) is 16.2. The molecule has 0 unspecified atom stereocenters. The molecular weight excluding hydrogens is 356 g/mol. The Balaban J connectivity index is 1.80. The first-order valence-corrected chi connectivity index (χ1v) is 10.2. The Hall–Kier alpha value is -1.79. The highest BCUT2D eigenvalue weighted by Crippen LogP contribution is 2.23. The van der Waals surface area contributed by atoms with Crippen LogP contribution in [0.5, 0.6) is 5.75 Å². The number of piperidine rings is 1. The van der Waals surface area contributed by atoms with Crippen molar-refractivity contribution in [2.75, 3.05) is 33.3 Å². The van der Waals surface area contributed by atoms with Gasteiger partial charge in [-0.25, -0.2) is 4.79 Å². The number of rotatable bonds is 7. The van der Waals surface area contributed by atoms with Crippen molar-refractivity contribution in [1.82, 2.24) is 9.80 Å². The molecule has 0 saturated carbocycles. The Labute approximate surface area is 169 Å². The van der Waals surface area contributed by atoms with Gasteiger partial charge in [0, 0.05) is 38.6 Å². The first-order valence-electron chi connectivity index (χ1n) is 10.2. The lowest BCUT2D eigenvalue weighted by atomic mass is 9.94. The van der Waals surface area contributed by atoms with E-state index in [1.165, 1.54) is 0 Å². The molecule has 1 heterocycles. The van der Waals surface area contributed by atoms with E-state index in [-0.39, 0.29) is 12.7 Å². The normalized spacial score (nSPS) is 20.6. The number of likely N-dealkylation sites (tertiary alicyclic amines) is 1. The van der Waals surface area contributed by atoms with Crippen molar-refractivity contribution in [2.24, 2.45) is 5.92 Å². The molecule has 6 heteroatoms. The average molecular weight is 393 g/mol. The fourth-order valence-electron chi connectivity index (χ4n) is 3.37. The first-order chi connectivity index (χ1) is 13.2. The number of aliphatic hydroxyl groups is 1. The number of likely N-dealkylation sites (N-methyl/N-ethyl adjacent to an activating group) is 1. The average Bonchev–Trinajstić information content (AvgIpc) is 2.64. The third kappa shape index (κ3) is 7.32. The van der Waals surface area contributed by atoms with E-state index in [1.54, 1.807) is 11.9 Å². The molecule has 2 atom stereocenters. The molecule has 1 aromatic carbocycles. The zero-order valence-corrected chi connectivity index (χ0v) is 18.0. The molecule has 28 heavy (non-hydrogen) atoms. The molecule has 1 aliphatic heterocycles. The zero-order valence-electron chi connectivity index (χ0n) is 18.0. The number of hydrogen-bond donors (Lipinski definition) is 1. The smallest absolute Gasteiger partial charge is 0.410 e. The number of nitrogens with zero attached hydrogens (tertiary/aromatic N) is 2. The van der Waals surface area contributed by atoms with Crippen LogP contribution in [0.1, 0.15) is 46.1 Å². The van der Waals surface area contributed by atoms with Gasteiger partial charge in [0.2, 0.25) is 0 Å². The van der Waals surface area contributed by atoms with Gasteiger partial charge in [0.25, 0.3) is 0 Å². The second kappa shape index (κ2) is 10.1. The molecule has 158 valence electrons. The quantitative estimate of drug-likeness (QED) is 0.769. The van der Waals surface area contributed by atoms with Gasteiger partial charge in [-0.1, -0.05) is 12.1 Å². The van der Waals surface area contributed by atoms with Gasteiger partial charge in [-0.2, -0.15) is 0 Å². The van der Waals surface area contributed by atoms with Crippen LogP contribution in [0.15, 0.2) is 24.3 Å². The summed E-state index contributed by atoms with van der Waals surface area (Å²) in [6.45, 7) is 11.0. The number of carbonyl (C=O) groups excluding carboxylic acids is 1. The molecule has 2 rings (SSSR count). The van der Waals surface area contributed by atoms with E-state index in [9.17, 15) is 9.90 Å². The van der Waals surface area contributed by atoms with Crippen molar-refractivity contribution in [3.63, 3.8) is 0 Å². The van der Waals surface area contributed by atoms with Crippen molar-refractivity contribution < 1.29 is 19.4 Å². The van der Waals surface area contributed by atoms with E-state index in [0.29, 0.717) is 25.1 Å². The van der Waals surface area contributed by atoms with Crippen LogP contribution in [0.4, 0.5) is 4.79 Å². The molecule has 1 aliphatic rings. The third-order valence-electron chi connectivity index (χ3n) is 5.10. The molecule has 1 amide bonds. The van der Waals surface area contributed by atoms with Gasteiger partial charge in [-0.15, -0.1) is 0 Å². The monoisotopic (exact) mass is 392 g/mol. The molecular formula is C22H36N2O4. The number of benzene rings is 1. The molecule has 1 N–H and O–H groups in total. The number of ether oxygens (including phenoxy) is 2. The van der Waals surface area contributed by atoms with Gasteiger partial charge in [-0.3, -0.25) is 4.90 Å². The van der Waals surface area contributed by atoms with Crippen LogP contribution in [0.3, 0.4) is 0 Å². The molecule has 0 bridgehead atoms. The summed E-state index contributed by atoms with van der Waals surface area (Å²) < 4.78 is 11.4. The van der Waals surface area contributed by atoms with Crippen LogP contribution < -0.4 is 4.74 Å². The van der Waals surface area contributed by atoms with Crippen molar-refractivity contribution in [1.29, 1.82) is 0 Å². The molecule has 0 radical (unpaired) electrons. The van der Waals surface area contributed by atoms with E-state index >= 15 is 0 Å².